The van der Waals surface area contributed by atoms with E-state index in [9.17, 15) is 14.4 Å². The van der Waals surface area contributed by atoms with Crippen LogP contribution in [-0.2, 0) is 14.4 Å². The summed E-state index contributed by atoms with van der Waals surface area (Å²) in [5.74, 6) is -1.15. The monoisotopic (exact) mass is 334 g/mol. The average Bonchev–Trinajstić information content (AvgIpc) is 2.79. The van der Waals surface area contributed by atoms with E-state index in [1.165, 1.54) is 0 Å². The molecule has 0 aromatic heterocycles. The zero-order chi connectivity index (χ0) is 18.5. The van der Waals surface area contributed by atoms with Gasteiger partial charge in [0.1, 0.15) is 5.54 Å². The molecule has 0 saturated carbocycles. The van der Waals surface area contributed by atoms with Crippen molar-refractivity contribution in [3.05, 3.63) is 23.9 Å². The van der Waals surface area contributed by atoms with Crippen molar-refractivity contribution in [3.8, 4) is 0 Å². The largest absolute Gasteiger partial charge is 0.378 e. The summed E-state index contributed by atoms with van der Waals surface area (Å²) in [5, 5.41) is 3.27. The molecule has 0 bridgehead atoms. The first-order chi connectivity index (χ1) is 11.1. The van der Waals surface area contributed by atoms with Crippen molar-refractivity contribution < 1.29 is 14.4 Å². The Bertz CT molecular complexity index is 563. The molecule has 2 atom stereocenters. The minimum atomic E-state index is -0.618. The number of carbonyl (C=O) groups excluding carboxylic acids is 3. The van der Waals surface area contributed by atoms with Crippen molar-refractivity contribution in [2.24, 2.45) is 17.6 Å². The van der Waals surface area contributed by atoms with Crippen LogP contribution in [0.15, 0.2) is 23.9 Å². The van der Waals surface area contributed by atoms with Crippen molar-refractivity contribution in [1.82, 2.24) is 5.32 Å². The number of amides is 1. The van der Waals surface area contributed by atoms with Crippen LogP contribution in [0.25, 0.3) is 0 Å². The molecule has 3 N–H and O–H groups in total. The third kappa shape index (κ3) is 4.56. The third-order valence-corrected chi connectivity index (χ3v) is 4.51. The predicted molar refractivity (Wildman–Crippen MR) is 95.1 cm³/mol. The van der Waals surface area contributed by atoms with Crippen molar-refractivity contribution in [2.75, 3.05) is 0 Å². The van der Waals surface area contributed by atoms with Crippen LogP contribution in [0.2, 0.25) is 0 Å². The lowest BCUT2D eigenvalue weighted by Gasteiger charge is -2.31. The molecule has 134 valence electrons. The number of ketones is 2. The zero-order valence-electron chi connectivity index (χ0n) is 15.3. The van der Waals surface area contributed by atoms with E-state index in [0.29, 0.717) is 11.5 Å². The van der Waals surface area contributed by atoms with E-state index in [0.717, 1.165) is 25.7 Å². The highest BCUT2D eigenvalue weighted by molar-refractivity contribution is 6.12. The second-order valence-electron chi connectivity index (χ2n) is 7.19. The predicted octanol–water partition coefficient (Wildman–Crippen LogP) is 2.65. The van der Waals surface area contributed by atoms with Gasteiger partial charge >= 0.3 is 0 Å². The Labute approximate surface area is 144 Å². The first-order valence-corrected chi connectivity index (χ1v) is 8.67. The summed E-state index contributed by atoms with van der Waals surface area (Å²) in [7, 11) is 0. The number of primary amides is 1. The van der Waals surface area contributed by atoms with E-state index >= 15 is 0 Å². The maximum absolute atomic E-state index is 13.1. The van der Waals surface area contributed by atoms with E-state index in [1.54, 1.807) is 13.1 Å². The van der Waals surface area contributed by atoms with Gasteiger partial charge in [0.2, 0.25) is 5.91 Å². The lowest BCUT2D eigenvalue weighted by Crippen LogP contribution is -2.47. The van der Waals surface area contributed by atoms with Crippen LogP contribution in [-0.4, -0.2) is 23.0 Å². The molecule has 1 aliphatic heterocycles. The number of nitrogens with two attached hydrogens (primary N) is 1. The van der Waals surface area contributed by atoms with Gasteiger partial charge in [-0.2, -0.15) is 0 Å². The molecule has 0 radical (unpaired) electrons. The van der Waals surface area contributed by atoms with Gasteiger partial charge in [-0.15, -0.1) is 0 Å². The van der Waals surface area contributed by atoms with Crippen LogP contribution in [0.3, 0.4) is 0 Å². The highest BCUT2D eigenvalue weighted by Crippen LogP contribution is 2.34. The van der Waals surface area contributed by atoms with Gasteiger partial charge in [0.25, 0.3) is 0 Å². The Balaban J connectivity index is 2.94. The van der Waals surface area contributed by atoms with Gasteiger partial charge in [0.05, 0.1) is 6.42 Å². The van der Waals surface area contributed by atoms with Crippen molar-refractivity contribution >= 4 is 17.5 Å². The van der Waals surface area contributed by atoms with Gasteiger partial charge in [-0.3, -0.25) is 14.4 Å². The molecule has 0 aromatic carbocycles. The second kappa shape index (κ2) is 8.27. The highest BCUT2D eigenvalue weighted by atomic mass is 16.1. The maximum Gasteiger partial charge on any atom is 0.221 e. The van der Waals surface area contributed by atoms with Crippen LogP contribution >= 0.6 is 0 Å². The van der Waals surface area contributed by atoms with Gasteiger partial charge in [-0.05, 0) is 24.3 Å². The van der Waals surface area contributed by atoms with Crippen molar-refractivity contribution in [3.63, 3.8) is 0 Å². The molecular formula is C19H30N2O3. The molecule has 0 fully saturated rings. The number of hydrogen-bond acceptors (Lipinski definition) is 4. The van der Waals surface area contributed by atoms with Gasteiger partial charge in [0, 0.05) is 17.7 Å². The van der Waals surface area contributed by atoms with Crippen LogP contribution in [0.1, 0.15) is 59.8 Å². The van der Waals surface area contributed by atoms with Gasteiger partial charge in [-0.25, -0.2) is 0 Å². The number of carbonyl (C=O) groups is 3. The van der Waals surface area contributed by atoms with Gasteiger partial charge < -0.3 is 11.1 Å². The summed E-state index contributed by atoms with van der Waals surface area (Å²) in [5.41, 5.74) is 5.13. The minimum absolute atomic E-state index is 0.00243. The van der Waals surface area contributed by atoms with Crippen molar-refractivity contribution in [1.29, 1.82) is 0 Å². The summed E-state index contributed by atoms with van der Waals surface area (Å²) in [6.07, 6.45) is 4.95. The quantitative estimate of drug-likeness (QED) is 0.601. The van der Waals surface area contributed by atoms with Crippen LogP contribution in [0.5, 0.6) is 0 Å². The average molecular weight is 334 g/mol. The lowest BCUT2D eigenvalue weighted by atomic mass is 9.77. The molecule has 5 nitrogen and oxygen atoms in total. The summed E-state index contributed by atoms with van der Waals surface area (Å²) < 4.78 is 0. The number of nitrogens with one attached hydrogen (secondary N) is 1. The molecule has 5 heteroatoms. The molecule has 1 amide bonds. The standard InChI is InChI=1S/C19H30N2O3/c1-6-7-8-19(10-12(2)3)18(24)15(11-21-19)14(5)17(23)13(4)9-16(20)22/h11-12,14,21H,4,6-10H2,1-3,5H3,(H2,20,22). The van der Waals surface area contributed by atoms with Crippen LogP contribution in [0.4, 0.5) is 0 Å². The molecule has 2 unspecified atom stereocenters. The number of rotatable bonds is 10. The summed E-state index contributed by atoms with van der Waals surface area (Å²) in [6.45, 7) is 11.6. The first kappa shape index (κ1) is 20.1. The minimum Gasteiger partial charge on any atom is -0.378 e. The van der Waals surface area contributed by atoms with E-state index in [1.807, 2.05) is 0 Å². The third-order valence-electron chi connectivity index (χ3n) is 4.51. The first-order valence-electron chi connectivity index (χ1n) is 8.67. The molecule has 1 aliphatic rings. The Morgan fingerprint density at radius 1 is 1.33 bits per heavy atom. The van der Waals surface area contributed by atoms with Gasteiger partial charge in [-0.1, -0.05) is 47.1 Å². The summed E-state index contributed by atoms with van der Waals surface area (Å²) >= 11 is 0. The molecule has 0 aromatic rings. The summed E-state index contributed by atoms with van der Waals surface area (Å²) in [4.78, 5) is 36.5. The fourth-order valence-electron chi connectivity index (χ4n) is 3.30. The van der Waals surface area contributed by atoms with Crippen molar-refractivity contribution in [2.45, 2.75) is 65.3 Å². The Morgan fingerprint density at radius 3 is 2.46 bits per heavy atom. The number of hydrogen-bond donors (Lipinski definition) is 2. The molecular weight excluding hydrogens is 304 g/mol. The Kier molecular flexibility index (Phi) is 6.93. The zero-order valence-corrected chi connectivity index (χ0v) is 15.3. The molecule has 0 aliphatic carbocycles. The molecule has 24 heavy (non-hydrogen) atoms. The van der Waals surface area contributed by atoms with E-state index < -0.39 is 17.4 Å². The smallest absolute Gasteiger partial charge is 0.221 e. The summed E-state index contributed by atoms with van der Waals surface area (Å²) in [6, 6.07) is 0. The topological polar surface area (TPSA) is 89.3 Å². The fourth-order valence-corrected chi connectivity index (χ4v) is 3.30. The molecule has 0 saturated heterocycles. The fraction of sp³-hybridized carbons (Fsp3) is 0.632. The number of Topliss-reactive ketones (excluding diaryl/α,β-unsaturated/α-hetero) is 2. The normalized spacial score (nSPS) is 21.4. The lowest BCUT2D eigenvalue weighted by molar-refractivity contribution is -0.124. The Morgan fingerprint density at radius 2 is 1.96 bits per heavy atom. The SMILES string of the molecule is C=C(CC(N)=O)C(=O)C(C)C1=CNC(CCCC)(CC(C)C)C1=O. The van der Waals surface area contributed by atoms with E-state index in [-0.39, 0.29) is 23.6 Å². The molecule has 1 heterocycles. The number of unbranched alkanes of at least 4 members (excludes halogenated alkanes) is 1. The maximum atomic E-state index is 13.1. The van der Waals surface area contributed by atoms with Gasteiger partial charge in [0.15, 0.2) is 11.6 Å². The molecule has 0 spiro atoms. The highest BCUT2D eigenvalue weighted by Gasteiger charge is 2.45. The van der Waals surface area contributed by atoms with Crippen LogP contribution < -0.4 is 11.1 Å². The van der Waals surface area contributed by atoms with Crippen LogP contribution in [0, 0.1) is 11.8 Å². The second-order valence-corrected chi connectivity index (χ2v) is 7.19. The molecule has 1 rings (SSSR count). The van der Waals surface area contributed by atoms with E-state index in [4.69, 9.17) is 5.73 Å². The Hall–Kier alpha value is -1.91. The van der Waals surface area contributed by atoms with E-state index in [2.05, 4.69) is 32.7 Å².